The van der Waals surface area contributed by atoms with Crippen molar-refractivity contribution < 1.29 is 14.6 Å². The molecule has 0 aromatic carbocycles. The summed E-state index contributed by atoms with van der Waals surface area (Å²) in [5.74, 6) is 1.17. The third kappa shape index (κ3) is 2.47. The molecule has 0 unspecified atom stereocenters. The van der Waals surface area contributed by atoms with E-state index in [0.717, 1.165) is 5.56 Å². The molecule has 4 heteroatoms. The van der Waals surface area contributed by atoms with Gasteiger partial charge in [-0.3, -0.25) is 0 Å². The van der Waals surface area contributed by atoms with E-state index in [0.29, 0.717) is 11.6 Å². The number of methoxy groups -OCH3 is 2. The third-order valence-electron chi connectivity index (χ3n) is 1.70. The van der Waals surface area contributed by atoms with Crippen molar-refractivity contribution >= 4 is 6.08 Å². The number of pyridine rings is 1. The Morgan fingerprint density at radius 1 is 1.43 bits per heavy atom. The van der Waals surface area contributed by atoms with E-state index in [1.54, 1.807) is 38.6 Å². The Morgan fingerprint density at radius 2 is 2.21 bits per heavy atom. The van der Waals surface area contributed by atoms with E-state index in [9.17, 15) is 0 Å². The number of nitrogens with zero attached hydrogens (tertiary/aromatic N) is 1. The summed E-state index contributed by atoms with van der Waals surface area (Å²) in [7, 11) is 3.12. The number of hydrogen-bond donors (Lipinski definition) is 1. The molecule has 1 aromatic rings. The minimum atomic E-state index is -0.00616. The van der Waals surface area contributed by atoms with Gasteiger partial charge in [0.1, 0.15) is 5.75 Å². The first-order chi connectivity index (χ1) is 6.81. The van der Waals surface area contributed by atoms with Crippen LogP contribution >= 0.6 is 0 Å². The van der Waals surface area contributed by atoms with Gasteiger partial charge < -0.3 is 14.6 Å². The zero-order valence-corrected chi connectivity index (χ0v) is 8.23. The molecule has 0 amide bonds. The maximum atomic E-state index is 8.64. The summed E-state index contributed by atoms with van der Waals surface area (Å²) in [6, 6.07) is 1.74. The van der Waals surface area contributed by atoms with Crippen molar-refractivity contribution in [2.45, 2.75) is 0 Å². The second-order valence-corrected chi connectivity index (χ2v) is 2.55. The van der Waals surface area contributed by atoms with Gasteiger partial charge in [0.2, 0.25) is 5.88 Å². The highest BCUT2D eigenvalue weighted by Crippen LogP contribution is 2.22. The molecular weight excluding hydrogens is 182 g/mol. The highest BCUT2D eigenvalue weighted by Gasteiger charge is 2.02. The average molecular weight is 195 g/mol. The summed E-state index contributed by atoms with van der Waals surface area (Å²) in [6.45, 7) is -0.00616. The van der Waals surface area contributed by atoms with Crippen LogP contribution in [0.2, 0.25) is 0 Å². The predicted molar refractivity (Wildman–Crippen MR) is 53.5 cm³/mol. The van der Waals surface area contributed by atoms with Crippen LogP contribution in [-0.2, 0) is 0 Å². The molecule has 0 radical (unpaired) electrons. The molecule has 0 aliphatic rings. The monoisotopic (exact) mass is 195 g/mol. The minimum absolute atomic E-state index is 0.00616. The molecule has 0 bridgehead atoms. The topological polar surface area (TPSA) is 51.6 Å². The van der Waals surface area contributed by atoms with Crippen LogP contribution in [0.5, 0.6) is 11.6 Å². The molecule has 1 heterocycles. The Labute approximate surface area is 82.8 Å². The van der Waals surface area contributed by atoms with Gasteiger partial charge in [-0.2, -0.15) is 0 Å². The van der Waals surface area contributed by atoms with Crippen molar-refractivity contribution in [3.63, 3.8) is 0 Å². The largest absolute Gasteiger partial charge is 0.495 e. The van der Waals surface area contributed by atoms with Crippen molar-refractivity contribution in [3.8, 4) is 11.6 Å². The van der Waals surface area contributed by atoms with Crippen LogP contribution in [0.4, 0.5) is 0 Å². The molecule has 0 spiro atoms. The molecule has 1 rings (SSSR count). The molecule has 0 fully saturated rings. The number of aliphatic hydroxyl groups excluding tert-OH is 1. The summed E-state index contributed by atoms with van der Waals surface area (Å²) in [4.78, 5) is 3.99. The molecule has 1 N–H and O–H groups in total. The second-order valence-electron chi connectivity index (χ2n) is 2.55. The zero-order valence-electron chi connectivity index (χ0n) is 8.23. The van der Waals surface area contributed by atoms with Crippen LogP contribution in [0.15, 0.2) is 18.3 Å². The fourth-order valence-corrected chi connectivity index (χ4v) is 1.03. The number of hydrogen-bond acceptors (Lipinski definition) is 4. The lowest BCUT2D eigenvalue weighted by Gasteiger charge is -2.05. The Balaban J connectivity index is 3.02. The molecular formula is C10H13NO3. The van der Waals surface area contributed by atoms with Gasteiger partial charge in [0.25, 0.3) is 0 Å². The first kappa shape index (κ1) is 10.5. The third-order valence-corrected chi connectivity index (χ3v) is 1.70. The first-order valence-corrected chi connectivity index (χ1v) is 4.17. The van der Waals surface area contributed by atoms with Gasteiger partial charge >= 0.3 is 0 Å². The Hall–Kier alpha value is -1.55. The average Bonchev–Trinajstić information content (AvgIpc) is 2.25. The minimum Gasteiger partial charge on any atom is -0.495 e. The lowest BCUT2D eigenvalue weighted by Crippen LogP contribution is -1.92. The van der Waals surface area contributed by atoms with Crippen molar-refractivity contribution in [1.29, 1.82) is 0 Å². The lowest BCUT2D eigenvalue weighted by atomic mass is 10.2. The molecule has 0 saturated carbocycles. The van der Waals surface area contributed by atoms with Gasteiger partial charge in [-0.15, -0.1) is 0 Å². The molecule has 76 valence electrons. The van der Waals surface area contributed by atoms with Gasteiger partial charge in [-0.05, 0) is 0 Å². The number of ether oxygens (including phenoxy) is 2. The summed E-state index contributed by atoms with van der Waals surface area (Å²) < 4.78 is 10.1. The SMILES string of the molecule is COc1cc(/C=C/CO)c(OC)cn1. The van der Waals surface area contributed by atoms with Gasteiger partial charge in [0.15, 0.2) is 0 Å². The van der Waals surface area contributed by atoms with Crippen LogP contribution < -0.4 is 9.47 Å². The molecule has 14 heavy (non-hydrogen) atoms. The van der Waals surface area contributed by atoms with Crippen LogP contribution in [-0.4, -0.2) is 30.9 Å². The fourth-order valence-electron chi connectivity index (χ4n) is 1.03. The van der Waals surface area contributed by atoms with E-state index < -0.39 is 0 Å². The summed E-state index contributed by atoms with van der Waals surface area (Å²) in [5.41, 5.74) is 0.827. The van der Waals surface area contributed by atoms with Gasteiger partial charge in [0.05, 0.1) is 27.0 Å². The first-order valence-electron chi connectivity index (χ1n) is 4.17. The van der Waals surface area contributed by atoms with Crippen LogP contribution in [0, 0.1) is 0 Å². The van der Waals surface area contributed by atoms with Crippen molar-refractivity contribution in [3.05, 3.63) is 23.9 Å². The highest BCUT2D eigenvalue weighted by molar-refractivity contribution is 5.57. The van der Waals surface area contributed by atoms with E-state index in [-0.39, 0.29) is 6.61 Å². The van der Waals surface area contributed by atoms with Crippen molar-refractivity contribution in [1.82, 2.24) is 4.98 Å². The number of aromatic nitrogens is 1. The maximum Gasteiger partial charge on any atom is 0.213 e. The van der Waals surface area contributed by atoms with E-state index in [2.05, 4.69) is 4.98 Å². The van der Waals surface area contributed by atoms with E-state index in [4.69, 9.17) is 14.6 Å². The molecule has 0 atom stereocenters. The van der Waals surface area contributed by atoms with Gasteiger partial charge in [0, 0.05) is 11.6 Å². The Morgan fingerprint density at radius 3 is 2.79 bits per heavy atom. The normalized spacial score (nSPS) is 10.5. The van der Waals surface area contributed by atoms with Gasteiger partial charge in [-0.1, -0.05) is 12.2 Å². The second kappa shape index (κ2) is 5.24. The number of rotatable bonds is 4. The summed E-state index contributed by atoms with van der Waals surface area (Å²) in [6.07, 6.45) is 4.95. The van der Waals surface area contributed by atoms with Crippen molar-refractivity contribution in [2.24, 2.45) is 0 Å². The molecule has 0 aliphatic heterocycles. The van der Waals surface area contributed by atoms with E-state index in [1.165, 1.54) is 0 Å². The van der Waals surface area contributed by atoms with Crippen molar-refractivity contribution in [2.75, 3.05) is 20.8 Å². The molecule has 1 aromatic heterocycles. The fraction of sp³-hybridized carbons (Fsp3) is 0.300. The van der Waals surface area contributed by atoms with Crippen LogP contribution in [0.3, 0.4) is 0 Å². The summed E-state index contributed by atoms with van der Waals surface area (Å²) >= 11 is 0. The quantitative estimate of drug-likeness (QED) is 0.781. The summed E-state index contributed by atoms with van der Waals surface area (Å²) in [5, 5.41) is 8.64. The van der Waals surface area contributed by atoms with Crippen LogP contribution in [0.25, 0.3) is 6.08 Å². The zero-order chi connectivity index (χ0) is 10.4. The van der Waals surface area contributed by atoms with E-state index >= 15 is 0 Å². The molecule has 0 aliphatic carbocycles. The predicted octanol–water partition coefficient (Wildman–Crippen LogP) is 1.10. The van der Waals surface area contributed by atoms with Crippen LogP contribution in [0.1, 0.15) is 5.56 Å². The Kier molecular flexibility index (Phi) is 3.94. The lowest BCUT2D eigenvalue weighted by molar-refractivity contribution is 0.343. The molecule has 0 saturated heterocycles. The smallest absolute Gasteiger partial charge is 0.213 e. The number of aliphatic hydroxyl groups is 1. The molecule has 4 nitrogen and oxygen atoms in total. The standard InChI is InChI=1S/C10H13NO3/c1-13-9-7-11-10(14-2)6-8(9)4-3-5-12/h3-4,6-7,12H,5H2,1-2H3/b4-3+. The maximum absolute atomic E-state index is 8.64. The Bertz CT molecular complexity index is 323. The van der Waals surface area contributed by atoms with E-state index in [1.807, 2.05) is 0 Å². The van der Waals surface area contributed by atoms with Gasteiger partial charge in [-0.25, -0.2) is 4.98 Å². The highest BCUT2D eigenvalue weighted by atomic mass is 16.5.